The van der Waals surface area contributed by atoms with Gasteiger partial charge in [-0.05, 0) is 55.9 Å². The lowest BCUT2D eigenvalue weighted by Gasteiger charge is -2.32. The van der Waals surface area contributed by atoms with Crippen molar-refractivity contribution in [1.29, 1.82) is 0 Å². The summed E-state index contributed by atoms with van der Waals surface area (Å²) in [5.74, 6) is 1.15. The number of hydrogen-bond donors (Lipinski definition) is 2. The third kappa shape index (κ3) is 6.24. The lowest BCUT2D eigenvalue weighted by Crippen LogP contribution is -2.42. The van der Waals surface area contributed by atoms with Crippen LogP contribution in [0.25, 0.3) is 0 Å². The summed E-state index contributed by atoms with van der Waals surface area (Å²) in [5.41, 5.74) is 2.89. The molecule has 0 aliphatic carbocycles. The van der Waals surface area contributed by atoms with Crippen molar-refractivity contribution in [2.24, 2.45) is 5.92 Å². The summed E-state index contributed by atoms with van der Waals surface area (Å²) in [5, 5.41) is 5.96. The minimum absolute atomic E-state index is 0.0299. The molecule has 1 aliphatic rings. The SMILES string of the molecule is COc1ccccc1CNC(=O)CCC1CCCN(C(=O)Nc2cccc(C)c2)C1. The van der Waals surface area contributed by atoms with E-state index in [2.05, 4.69) is 10.6 Å². The van der Waals surface area contributed by atoms with E-state index in [1.807, 2.05) is 60.4 Å². The van der Waals surface area contributed by atoms with Crippen molar-refractivity contribution in [3.8, 4) is 5.75 Å². The summed E-state index contributed by atoms with van der Waals surface area (Å²) in [4.78, 5) is 26.8. The predicted octanol–water partition coefficient (Wildman–Crippen LogP) is 4.34. The maximum Gasteiger partial charge on any atom is 0.321 e. The Labute approximate surface area is 178 Å². The number of aryl methyl sites for hydroxylation is 1. The van der Waals surface area contributed by atoms with E-state index >= 15 is 0 Å². The number of nitrogens with one attached hydrogen (secondary N) is 2. The average Bonchev–Trinajstić information content (AvgIpc) is 2.76. The number of carbonyl (C=O) groups excluding carboxylic acids is 2. The van der Waals surface area contributed by atoms with Gasteiger partial charge in [-0.3, -0.25) is 4.79 Å². The van der Waals surface area contributed by atoms with Crippen molar-refractivity contribution < 1.29 is 14.3 Å². The van der Waals surface area contributed by atoms with E-state index in [9.17, 15) is 9.59 Å². The Morgan fingerprint density at radius 3 is 2.80 bits per heavy atom. The van der Waals surface area contributed by atoms with Gasteiger partial charge in [-0.25, -0.2) is 4.79 Å². The summed E-state index contributed by atoms with van der Waals surface area (Å²) in [6.07, 6.45) is 3.27. The molecule has 0 radical (unpaired) electrons. The smallest absolute Gasteiger partial charge is 0.321 e. The molecule has 3 amide bonds. The highest BCUT2D eigenvalue weighted by atomic mass is 16.5. The van der Waals surface area contributed by atoms with Gasteiger partial charge in [0.1, 0.15) is 5.75 Å². The molecule has 6 nitrogen and oxygen atoms in total. The number of anilines is 1. The summed E-state index contributed by atoms with van der Waals surface area (Å²) >= 11 is 0. The van der Waals surface area contributed by atoms with E-state index in [0.29, 0.717) is 25.4 Å². The molecule has 6 heteroatoms. The number of likely N-dealkylation sites (tertiary alicyclic amines) is 1. The van der Waals surface area contributed by atoms with Gasteiger partial charge in [-0.2, -0.15) is 0 Å². The van der Waals surface area contributed by atoms with E-state index in [1.165, 1.54) is 0 Å². The molecule has 0 spiro atoms. The molecule has 1 aliphatic heterocycles. The third-order valence-corrected chi connectivity index (χ3v) is 5.52. The molecule has 2 N–H and O–H groups in total. The predicted molar refractivity (Wildman–Crippen MR) is 119 cm³/mol. The van der Waals surface area contributed by atoms with Crippen LogP contribution in [0.2, 0.25) is 0 Å². The van der Waals surface area contributed by atoms with Gasteiger partial charge >= 0.3 is 6.03 Å². The molecule has 3 rings (SSSR count). The molecule has 0 aromatic heterocycles. The fourth-order valence-corrected chi connectivity index (χ4v) is 3.88. The number of hydrogen-bond acceptors (Lipinski definition) is 3. The second-order valence-corrected chi connectivity index (χ2v) is 7.88. The minimum atomic E-state index is -0.0640. The number of para-hydroxylation sites is 1. The van der Waals surface area contributed by atoms with Crippen LogP contribution in [0.15, 0.2) is 48.5 Å². The number of urea groups is 1. The maximum atomic E-state index is 12.6. The second-order valence-electron chi connectivity index (χ2n) is 7.88. The van der Waals surface area contributed by atoms with Crippen LogP contribution in [0.1, 0.15) is 36.8 Å². The zero-order valence-corrected chi connectivity index (χ0v) is 17.8. The van der Waals surface area contributed by atoms with Crippen molar-refractivity contribution in [2.45, 2.75) is 39.2 Å². The molecule has 2 aromatic rings. The maximum absolute atomic E-state index is 12.6. The Morgan fingerprint density at radius 1 is 1.17 bits per heavy atom. The fraction of sp³-hybridized carbons (Fsp3) is 0.417. The summed E-state index contributed by atoms with van der Waals surface area (Å²) in [7, 11) is 1.63. The molecule has 1 fully saturated rings. The van der Waals surface area contributed by atoms with Crippen molar-refractivity contribution >= 4 is 17.6 Å². The van der Waals surface area contributed by atoms with E-state index in [0.717, 1.165) is 48.4 Å². The normalized spacial score (nSPS) is 16.1. The van der Waals surface area contributed by atoms with Gasteiger partial charge in [0.25, 0.3) is 0 Å². The quantitative estimate of drug-likeness (QED) is 0.714. The lowest BCUT2D eigenvalue weighted by atomic mass is 9.93. The highest BCUT2D eigenvalue weighted by molar-refractivity contribution is 5.89. The summed E-state index contributed by atoms with van der Waals surface area (Å²) in [6.45, 7) is 3.91. The van der Waals surface area contributed by atoms with Crippen LogP contribution in [0, 0.1) is 12.8 Å². The van der Waals surface area contributed by atoms with Crippen LogP contribution < -0.4 is 15.4 Å². The van der Waals surface area contributed by atoms with Gasteiger partial charge in [0.15, 0.2) is 0 Å². The van der Waals surface area contributed by atoms with Crippen LogP contribution in [0.5, 0.6) is 5.75 Å². The van der Waals surface area contributed by atoms with Crippen molar-refractivity contribution in [3.63, 3.8) is 0 Å². The Bertz CT molecular complexity index is 868. The second kappa shape index (κ2) is 10.7. The molecule has 1 heterocycles. The Morgan fingerprint density at radius 2 is 2.00 bits per heavy atom. The van der Waals surface area contributed by atoms with Crippen LogP contribution in [0.3, 0.4) is 0 Å². The summed E-state index contributed by atoms with van der Waals surface area (Å²) in [6, 6.07) is 15.4. The van der Waals surface area contributed by atoms with Gasteiger partial charge in [0.05, 0.1) is 7.11 Å². The number of benzene rings is 2. The Kier molecular flexibility index (Phi) is 7.71. The first-order valence-electron chi connectivity index (χ1n) is 10.6. The third-order valence-electron chi connectivity index (χ3n) is 5.52. The van der Waals surface area contributed by atoms with Crippen molar-refractivity contribution in [1.82, 2.24) is 10.2 Å². The van der Waals surface area contributed by atoms with E-state index in [4.69, 9.17) is 4.74 Å². The fourth-order valence-electron chi connectivity index (χ4n) is 3.88. The number of amides is 3. The molecule has 1 atom stereocenters. The van der Waals surface area contributed by atoms with Crippen LogP contribution in [-0.4, -0.2) is 37.0 Å². The van der Waals surface area contributed by atoms with Gasteiger partial charge in [-0.15, -0.1) is 0 Å². The van der Waals surface area contributed by atoms with Crippen LogP contribution in [-0.2, 0) is 11.3 Å². The van der Waals surface area contributed by atoms with Crippen molar-refractivity contribution in [2.75, 3.05) is 25.5 Å². The zero-order valence-electron chi connectivity index (χ0n) is 17.8. The molecule has 2 aromatic carbocycles. The average molecular weight is 410 g/mol. The first kappa shape index (κ1) is 21.7. The Balaban J connectivity index is 1.43. The minimum Gasteiger partial charge on any atom is -0.496 e. The van der Waals surface area contributed by atoms with Crippen LogP contribution in [0.4, 0.5) is 10.5 Å². The number of piperidine rings is 1. The molecule has 0 bridgehead atoms. The van der Waals surface area contributed by atoms with E-state index in [1.54, 1.807) is 7.11 Å². The lowest BCUT2D eigenvalue weighted by molar-refractivity contribution is -0.121. The molecule has 1 unspecified atom stereocenters. The highest BCUT2D eigenvalue weighted by Gasteiger charge is 2.24. The van der Waals surface area contributed by atoms with Gasteiger partial charge in [-0.1, -0.05) is 30.3 Å². The number of rotatable bonds is 7. The van der Waals surface area contributed by atoms with Crippen LogP contribution >= 0.6 is 0 Å². The molecular formula is C24H31N3O3. The molecule has 0 saturated carbocycles. The standard InChI is InChI=1S/C24H31N3O3/c1-18-7-5-10-21(15-18)26-24(29)27-14-6-8-19(17-27)12-13-23(28)25-16-20-9-3-4-11-22(20)30-2/h3-5,7,9-11,15,19H,6,8,12-14,16-17H2,1-2H3,(H,25,28)(H,26,29). The molecule has 1 saturated heterocycles. The molecular weight excluding hydrogens is 378 g/mol. The number of ether oxygens (including phenoxy) is 1. The van der Waals surface area contributed by atoms with Gasteiger partial charge < -0.3 is 20.3 Å². The number of nitrogens with zero attached hydrogens (tertiary/aromatic N) is 1. The van der Waals surface area contributed by atoms with E-state index in [-0.39, 0.29) is 11.9 Å². The number of methoxy groups -OCH3 is 1. The monoisotopic (exact) mass is 409 g/mol. The number of carbonyl (C=O) groups is 2. The molecule has 160 valence electrons. The largest absolute Gasteiger partial charge is 0.496 e. The highest BCUT2D eigenvalue weighted by Crippen LogP contribution is 2.22. The topological polar surface area (TPSA) is 70.7 Å². The zero-order chi connectivity index (χ0) is 21.3. The van der Waals surface area contributed by atoms with Gasteiger partial charge in [0, 0.05) is 37.3 Å². The van der Waals surface area contributed by atoms with Crippen molar-refractivity contribution in [3.05, 3.63) is 59.7 Å². The summed E-state index contributed by atoms with van der Waals surface area (Å²) < 4.78 is 5.32. The first-order chi connectivity index (χ1) is 14.5. The molecule has 30 heavy (non-hydrogen) atoms. The van der Waals surface area contributed by atoms with Gasteiger partial charge in [0.2, 0.25) is 5.91 Å². The Hall–Kier alpha value is -3.02. The van der Waals surface area contributed by atoms with E-state index < -0.39 is 0 Å². The first-order valence-corrected chi connectivity index (χ1v) is 10.6.